The van der Waals surface area contributed by atoms with Crippen LogP contribution in [-0.2, 0) is 14.8 Å². The fourth-order valence-corrected chi connectivity index (χ4v) is 3.11. The number of hydrogen-bond donors (Lipinski definition) is 3. The van der Waals surface area contributed by atoms with Crippen LogP contribution < -0.4 is 15.8 Å². The van der Waals surface area contributed by atoms with E-state index >= 15 is 0 Å². The van der Waals surface area contributed by atoms with Gasteiger partial charge in [-0.2, -0.15) is 0 Å². The monoisotopic (exact) mass is 361 g/mol. The maximum absolute atomic E-state index is 12.3. The summed E-state index contributed by atoms with van der Waals surface area (Å²) in [6.45, 7) is 5.82. The highest BCUT2D eigenvalue weighted by Gasteiger charge is 2.17. The molecule has 0 aliphatic carbocycles. The van der Waals surface area contributed by atoms with Gasteiger partial charge >= 0.3 is 0 Å². The zero-order chi connectivity index (χ0) is 18.6. The predicted molar refractivity (Wildman–Crippen MR) is 98.6 cm³/mol. The van der Waals surface area contributed by atoms with Crippen molar-refractivity contribution in [3.05, 3.63) is 59.7 Å². The number of rotatable bonds is 6. The molecular weight excluding hydrogens is 338 g/mol. The minimum atomic E-state index is -3.74. The lowest BCUT2D eigenvalue weighted by Gasteiger charge is -2.21. The highest BCUT2D eigenvalue weighted by molar-refractivity contribution is 7.89. The Bertz CT molecular complexity index is 848. The van der Waals surface area contributed by atoms with Gasteiger partial charge in [-0.15, -0.1) is 0 Å². The summed E-state index contributed by atoms with van der Waals surface area (Å²) in [4.78, 5) is 12.3. The first-order chi connectivity index (χ1) is 11.7. The molecule has 4 N–H and O–H groups in total. The molecule has 0 aromatic heterocycles. The van der Waals surface area contributed by atoms with Crippen LogP contribution in [0.25, 0.3) is 0 Å². The summed E-state index contributed by atoms with van der Waals surface area (Å²) in [6.07, 6.45) is 0. The molecule has 0 unspecified atom stereocenters. The quantitative estimate of drug-likeness (QED) is 0.735. The van der Waals surface area contributed by atoms with E-state index in [1.807, 2.05) is 38.1 Å². The number of nitrogens with one attached hydrogen (secondary N) is 2. The molecular formula is C18H23N3O3S. The fourth-order valence-electron chi connectivity index (χ4n) is 2.59. The average molecular weight is 361 g/mol. The van der Waals surface area contributed by atoms with E-state index in [-0.39, 0.29) is 16.8 Å². The van der Waals surface area contributed by atoms with Gasteiger partial charge in [0.15, 0.2) is 0 Å². The van der Waals surface area contributed by atoms with Crippen molar-refractivity contribution in [3.8, 4) is 0 Å². The predicted octanol–water partition coefficient (Wildman–Crippen LogP) is 2.32. The normalized spacial score (nSPS) is 13.9. The van der Waals surface area contributed by atoms with Crippen molar-refractivity contribution in [2.75, 3.05) is 5.32 Å². The van der Waals surface area contributed by atoms with Gasteiger partial charge in [0, 0.05) is 11.7 Å². The van der Waals surface area contributed by atoms with E-state index < -0.39 is 16.1 Å². The van der Waals surface area contributed by atoms with Crippen LogP contribution in [0.4, 0.5) is 5.69 Å². The van der Waals surface area contributed by atoms with E-state index in [1.54, 1.807) is 6.92 Å². The molecule has 7 heteroatoms. The molecule has 0 bridgehead atoms. The third kappa shape index (κ3) is 5.12. The highest BCUT2D eigenvalue weighted by atomic mass is 32.2. The van der Waals surface area contributed by atoms with Crippen LogP contribution in [0.1, 0.15) is 31.0 Å². The summed E-state index contributed by atoms with van der Waals surface area (Å²) in [7, 11) is -3.74. The minimum absolute atomic E-state index is 0.00449. The van der Waals surface area contributed by atoms with E-state index in [4.69, 9.17) is 5.14 Å². The number of benzene rings is 2. The van der Waals surface area contributed by atoms with Crippen molar-refractivity contribution in [1.29, 1.82) is 0 Å². The molecule has 0 saturated carbocycles. The summed E-state index contributed by atoms with van der Waals surface area (Å²) in [5, 5.41) is 11.1. The van der Waals surface area contributed by atoms with E-state index in [0.717, 1.165) is 11.1 Å². The summed E-state index contributed by atoms with van der Waals surface area (Å²) >= 11 is 0. The van der Waals surface area contributed by atoms with E-state index in [2.05, 4.69) is 10.6 Å². The average Bonchev–Trinajstić information content (AvgIpc) is 2.54. The van der Waals surface area contributed by atoms with Crippen molar-refractivity contribution in [3.63, 3.8) is 0 Å². The van der Waals surface area contributed by atoms with Crippen LogP contribution in [0, 0.1) is 6.92 Å². The Labute approximate surface area is 148 Å². The Morgan fingerprint density at radius 2 is 1.64 bits per heavy atom. The molecule has 0 fully saturated rings. The molecule has 2 atom stereocenters. The van der Waals surface area contributed by atoms with Gasteiger partial charge in [-0.1, -0.05) is 24.3 Å². The number of primary sulfonamides is 1. The number of aryl methyl sites for hydroxylation is 1. The second-order valence-corrected chi connectivity index (χ2v) is 7.59. The first-order valence-electron chi connectivity index (χ1n) is 7.94. The first-order valence-corrected chi connectivity index (χ1v) is 9.48. The maximum Gasteiger partial charge on any atom is 0.241 e. The van der Waals surface area contributed by atoms with Crippen LogP contribution in [-0.4, -0.2) is 20.4 Å². The zero-order valence-corrected chi connectivity index (χ0v) is 15.3. The molecule has 0 saturated heterocycles. The molecule has 0 aliphatic heterocycles. The van der Waals surface area contributed by atoms with Gasteiger partial charge in [-0.25, -0.2) is 13.6 Å². The van der Waals surface area contributed by atoms with Crippen LogP contribution >= 0.6 is 0 Å². The number of hydrogen-bond acceptors (Lipinski definition) is 4. The van der Waals surface area contributed by atoms with Gasteiger partial charge in [0.2, 0.25) is 15.9 Å². The van der Waals surface area contributed by atoms with Gasteiger partial charge < -0.3 is 5.32 Å². The van der Waals surface area contributed by atoms with Gasteiger partial charge in [0.1, 0.15) is 0 Å². The number of anilines is 1. The zero-order valence-electron chi connectivity index (χ0n) is 14.5. The number of nitrogens with two attached hydrogens (primary N) is 1. The summed E-state index contributed by atoms with van der Waals surface area (Å²) < 4.78 is 22.5. The lowest BCUT2D eigenvalue weighted by molar-refractivity contribution is -0.117. The molecule has 2 aromatic carbocycles. The lowest BCUT2D eigenvalue weighted by atomic mass is 10.0. The molecule has 0 radical (unpaired) electrons. The van der Waals surface area contributed by atoms with Gasteiger partial charge in [0.05, 0.1) is 10.9 Å². The number of amides is 1. The van der Waals surface area contributed by atoms with Crippen LogP contribution in [0.2, 0.25) is 0 Å². The van der Waals surface area contributed by atoms with Crippen LogP contribution in [0.15, 0.2) is 53.4 Å². The van der Waals surface area contributed by atoms with Gasteiger partial charge in [-0.05, 0) is 56.2 Å². The smallest absolute Gasteiger partial charge is 0.241 e. The van der Waals surface area contributed by atoms with Crippen molar-refractivity contribution in [2.45, 2.75) is 37.8 Å². The molecule has 0 aliphatic rings. The molecule has 0 heterocycles. The number of sulfonamides is 1. The standard InChI is InChI=1S/C18H23N3O3S/c1-12-6-4-5-7-17(12)13(2)20-14(3)18(22)21-15-8-10-16(11-9-15)25(19,23)24/h4-11,13-14,20H,1-3H3,(H,21,22)(H2,19,23,24)/t13-,14-/m1/s1. The molecule has 134 valence electrons. The Morgan fingerprint density at radius 3 is 2.20 bits per heavy atom. The summed E-state index contributed by atoms with van der Waals surface area (Å²) in [6, 6.07) is 13.3. The third-order valence-electron chi connectivity index (χ3n) is 4.00. The highest BCUT2D eigenvalue weighted by Crippen LogP contribution is 2.18. The second-order valence-electron chi connectivity index (χ2n) is 6.03. The first kappa shape index (κ1) is 19.1. The third-order valence-corrected chi connectivity index (χ3v) is 4.93. The topological polar surface area (TPSA) is 101 Å². The van der Waals surface area contributed by atoms with E-state index in [0.29, 0.717) is 5.69 Å². The largest absolute Gasteiger partial charge is 0.325 e. The Balaban J connectivity index is 1.99. The van der Waals surface area contributed by atoms with Crippen molar-refractivity contribution in [2.24, 2.45) is 5.14 Å². The summed E-state index contributed by atoms with van der Waals surface area (Å²) in [5.41, 5.74) is 2.81. The molecule has 6 nitrogen and oxygen atoms in total. The van der Waals surface area contributed by atoms with E-state index in [9.17, 15) is 13.2 Å². The van der Waals surface area contributed by atoms with E-state index in [1.165, 1.54) is 24.3 Å². The SMILES string of the molecule is Cc1ccccc1[C@@H](C)N[C@H](C)C(=O)Nc1ccc(S(N)(=O)=O)cc1. The molecule has 0 spiro atoms. The number of carbonyl (C=O) groups is 1. The Kier molecular flexibility index (Phi) is 5.94. The fraction of sp³-hybridized carbons (Fsp3) is 0.278. The van der Waals surface area contributed by atoms with Crippen LogP contribution in [0.5, 0.6) is 0 Å². The molecule has 2 aromatic rings. The Hall–Kier alpha value is -2.22. The molecule has 25 heavy (non-hydrogen) atoms. The number of carbonyl (C=O) groups excluding carboxylic acids is 1. The van der Waals surface area contributed by atoms with Crippen molar-refractivity contribution in [1.82, 2.24) is 5.32 Å². The molecule has 2 rings (SSSR count). The summed E-state index contributed by atoms with van der Waals surface area (Å²) in [5.74, 6) is -0.205. The van der Waals surface area contributed by atoms with Crippen LogP contribution in [0.3, 0.4) is 0 Å². The maximum atomic E-state index is 12.3. The van der Waals surface area contributed by atoms with Gasteiger partial charge in [0.25, 0.3) is 0 Å². The molecule has 1 amide bonds. The van der Waals surface area contributed by atoms with Gasteiger partial charge in [-0.3, -0.25) is 10.1 Å². The van der Waals surface area contributed by atoms with Crippen molar-refractivity contribution >= 4 is 21.6 Å². The second kappa shape index (κ2) is 7.77. The minimum Gasteiger partial charge on any atom is -0.325 e. The lowest BCUT2D eigenvalue weighted by Crippen LogP contribution is -2.39. The Morgan fingerprint density at radius 1 is 1.04 bits per heavy atom. The van der Waals surface area contributed by atoms with Crippen molar-refractivity contribution < 1.29 is 13.2 Å².